The number of amides is 1. The first-order valence-corrected chi connectivity index (χ1v) is 8.54. The first-order valence-electron chi connectivity index (χ1n) is 8.54. The number of nitrogens with zero attached hydrogens (tertiary/aromatic N) is 3. The van der Waals surface area contributed by atoms with Crippen molar-refractivity contribution in [2.24, 2.45) is 0 Å². The molecule has 0 N–H and O–H groups in total. The summed E-state index contributed by atoms with van der Waals surface area (Å²) in [4.78, 5) is 21.2. The summed E-state index contributed by atoms with van der Waals surface area (Å²) in [7, 11) is 1.56. The van der Waals surface area contributed by atoms with Crippen LogP contribution in [-0.4, -0.2) is 24.7 Å². The number of benzene rings is 2. The van der Waals surface area contributed by atoms with E-state index in [1.807, 2.05) is 36.1 Å². The van der Waals surface area contributed by atoms with Crippen LogP contribution in [0.5, 0.6) is 5.88 Å². The van der Waals surface area contributed by atoms with Gasteiger partial charge >= 0.3 is 0 Å². The zero-order chi connectivity index (χ0) is 19.0. The van der Waals surface area contributed by atoms with Crippen molar-refractivity contribution in [3.63, 3.8) is 0 Å². The molecule has 0 saturated heterocycles. The van der Waals surface area contributed by atoms with Crippen LogP contribution in [0.4, 0.5) is 21.5 Å². The molecule has 0 bridgehead atoms. The normalized spacial score (nSPS) is 13.5. The first kappa shape index (κ1) is 17.0. The number of pyridine rings is 1. The Labute approximate surface area is 156 Å². The van der Waals surface area contributed by atoms with E-state index in [1.54, 1.807) is 36.3 Å². The molecule has 0 spiro atoms. The number of fused-ring (bicyclic) bond motifs is 1. The summed E-state index contributed by atoms with van der Waals surface area (Å²) < 4.78 is 18.5. The minimum Gasteiger partial charge on any atom is -0.481 e. The van der Waals surface area contributed by atoms with E-state index in [4.69, 9.17) is 4.74 Å². The average molecular weight is 363 g/mol. The van der Waals surface area contributed by atoms with Crippen molar-refractivity contribution in [1.29, 1.82) is 0 Å². The summed E-state index contributed by atoms with van der Waals surface area (Å²) in [6.07, 6.45) is 0. The monoisotopic (exact) mass is 363 g/mol. The van der Waals surface area contributed by atoms with Crippen LogP contribution in [0.15, 0.2) is 60.7 Å². The lowest BCUT2D eigenvalue weighted by atomic mass is 10.1. The van der Waals surface area contributed by atoms with Crippen LogP contribution in [0.3, 0.4) is 0 Å². The Balaban J connectivity index is 1.81. The molecule has 136 valence electrons. The quantitative estimate of drug-likeness (QED) is 0.696. The number of anilines is 3. The fourth-order valence-corrected chi connectivity index (χ4v) is 3.27. The number of aryl methyl sites for hydroxylation is 1. The van der Waals surface area contributed by atoms with Crippen LogP contribution in [0.25, 0.3) is 0 Å². The van der Waals surface area contributed by atoms with E-state index in [9.17, 15) is 9.18 Å². The number of carbonyl (C=O) groups excluding carboxylic acids is 1. The smallest absolute Gasteiger partial charge is 0.261 e. The van der Waals surface area contributed by atoms with Crippen LogP contribution in [-0.2, 0) is 0 Å². The summed E-state index contributed by atoms with van der Waals surface area (Å²) in [6.45, 7) is 2.14. The van der Waals surface area contributed by atoms with Crippen molar-refractivity contribution in [1.82, 2.24) is 4.98 Å². The van der Waals surface area contributed by atoms with E-state index in [0.29, 0.717) is 29.5 Å². The minimum atomic E-state index is -0.299. The summed E-state index contributed by atoms with van der Waals surface area (Å²) in [5, 5.41) is 0. The van der Waals surface area contributed by atoms with Crippen molar-refractivity contribution >= 4 is 23.0 Å². The maximum atomic E-state index is 13.4. The molecule has 1 aliphatic heterocycles. The molecule has 0 unspecified atom stereocenters. The highest BCUT2D eigenvalue weighted by atomic mass is 19.1. The standard InChI is InChI=1S/C21H18FN3O2/c1-14-18(11-12-20(23-14)27-2)25-13-24(16-9-7-15(22)8-10-16)19-6-4-3-5-17(19)21(25)26/h3-12H,13H2,1-2H3. The summed E-state index contributed by atoms with van der Waals surface area (Å²) in [5.41, 5.74) is 3.59. The van der Waals surface area contributed by atoms with Gasteiger partial charge in [-0.05, 0) is 49.4 Å². The van der Waals surface area contributed by atoms with E-state index in [0.717, 1.165) is 11.4 Å². The van der Waals surface area contributed by atoms with Crippen LogP contribution in [0.1, 0.15) is 16.1 Å². The number of ether oxygens (including phenoxy) is 1. The molecule has 6 heteroatoms. The molecule has 2 heterocycles. The van der Waals surface area contributed by atoms with Crippen molar-refractivity contribution in [2.45, 2.75) is 6.92 Å². The maximum absolute atomic E-state index is 13.4. The molecule has 1 aliphatic rings. The maximum Gasteiger partial charge on any atom is 0.261 e. The van der Waals surface area contributed by atoms with Crippen LogP contribution in [0, 0.1) is 12.7 Å². The van der Waals surface area contributed by atoms with Gasteiger partial charge < -0.3 is 9.64 Å². The van der Waals surface area contributed by atoms with Gasteiger partial charge in [0.15, 0.2) is 0 Å². The summed E-state index contributed by atoms with van der Waals surface area (Å²) in [6, 6.07) is 17.2. The Morgan fingerprint density at radius 3 is 2.41 bits per heavy atom. The highest BCUT2D eigenvalue weighted by molar-refractivity contribution is 6.12. The molecule has 4 rings (SSSR count). The number of methoxy groups -OCH3 is 1. The molecule has 3 aromatic rings. The van der Waals surface area contributed by atoms with Gasteiger partial charge in [-0.1, -0.05) is 12.1 Å². The van der Waals surface area contributed by atoms with Crippen molar-refractivity contribution < 1.29 is 13.9 Å². The second-order valence-corrected chi connectivity index (χ2v) is 6.25. The zero-order valence-corrected chi connectivity index (χ0v) is 15.0. The third-order valence-corrected chi connectivity index (χ3v) is 4.62. The largest absolute Gasteiger partial charge is 0.481 e. The molecule has 1 aromatic heterocycles. The Bertz CT molecular complexity index is 1000. The zero-order valence-electron chi connectivity index (χ0n) is 15.0. The van der Waals surface area contributed by atoms with E-state index in [-0.39, 0.29) is 11.7 Å². The number of carbonyl (C=O) groups is 1. The van der Waals surface area contributed by atoms with Gasteiger partial charge in [-0.3, -0.25) is 9.69 Å². The average Bonchev–Trinajstić information content (AvgIpc) is 2.70. The van der Waals surface area contributed by atoms with Crippen molar-refractivity contribution in [2.75, 3.05) is 23.6 Å². The molecule has 0 atom stereocenters. The molecular weight excluding hydrogens is 345 g/mol. The van der Waals surface area contributed by atoms with Crippen molar-refractivity contribution in [3.8, 4) is 5.88 Å². The van der Waals surface area contributed by atoms with Crippen LogP contribution >= 0.6 is 0 Å². The van der Waals surface area contributed by atoms with Gasteiger partial charge in [0.25, 0.3) is 5.91 Å². The number of aromatic nitrogens is 1. The fraction of sp³-hybridized carbons (Fsp3) is 0.143. The first-order chi connectivity index (χ1) is 13.1. The van der Waals surface area contributed by atoms with Crippen LogP contribution < -0.4 is 14.5 Å². The molecule has 0 radical (unpaired) electrons. The van der Waals surface area contributed by atoms with E-state index in [2.05, 4.69) is 4.98 Å². The SMILES string of the molecule is COc1ccc(N2CN(c3ccc(F)cc3)c3ccccc3C2=O)c(C)n1. The lowest BCUT2D eigenvalue weighted by Crippen LogP contribution is -2.45. The number of hydrogen-bond acceptors (Lipinski definition) is 4. The lowest BCUT2D eigenvalue weighted by Gasteiger charge is -2.38. The molecule has 0 saturated carbocycles. The Morgan fingerprint density at radius 1 is 0.963 bits per heavy atom. The summed E-state index contributed by atoms with van der Waals surface area (Å²) >= 11 is 0. The van der Waals surface area contributed by atoms with Gasteiger partial charge in [-0.15, -0.1) is 0 Å². The van der Waals surface area contributed by atoms with E-state index >= 15 is 0 Å². The van der Waals surface area contributed by atoms with E-state index < -0.39 is 0 Å². The minimum absolute atomic E-state index is 0.0981. The Morgan fingerprint density at radius 2 is 1.70 bits per heavy atom. The predicted molar refractivity (Wildman–Crippen MR) is 102 cm³/mol. The number of halogens is 1. The van der Waals surface area contributed by atoms with Crippen molar-refractivity contribution in [3.05, 3.63) is 77.7 Å². The molecule has 0 aliphatic carbocycles. The molecule has 5 nitrogen and oxygen atoms in total. The second-order valence-electron chi connectivity index (χ2n) is 6.25. The predicted octanol–water partition coefficient (Wildman–Crippen LogP) is 4.29. The fourth-order valence-electron chi connectivity index (χ4n) is 3.27. The summed E-state index contributed by atoms with van der Waals surface area (Å²) in [5.74, 6) is 0.0997. The third kappa shape index (κ3) is 2.99. The lowest BCUT2D eigenvalue weighted by molar-refractivity contribution is 0.0983. The molecule has 0 fully saturated rings. The Kier molecular flexibility index (Phi) is 4.24. The van der Waals surface area contributed by atoms with Gasteiger partial charge in [-0.25, -0.2) is 9.37 Å². The topological polar surface area (TPSA) is 45.7 Å². The van der Waals surface area contributed by atoms with Crippen LogP contribution in [0.2, 0.25) is 0 Å². The third-order valence-electron chi connectivity index (χ3n) is 4.62. The second kappa shape index (κ2) is 6.72. The van der Waals surface area contributed by atoms with Gasteiger partial charge in [0, 0.05) is 11.8 Å². The van der Waals surface area contributed by atoms with Gasteiger partial charge in [0.2, 0.25) is 5.88 Å². The highest BCUT2D eigenvalue weighted by Crippen LogP contribution is 2.36. The molecule has 2 aromatic carbocycles. The number of rotatable bonds is 3. The number of hydrogen-bond donors (Lipinski definition) is 0. The van der Waals surface area contributed by atoms with Gasteiger partial charge in [0.05, 0.1) is 29.7 Å². The molecule has 1 amide bonds. The number of para-hydroxylation sites is 1. The highest BCUT2D eigenvalue weighted by Gasteiger charge is 2.31. The van der Waals surface area contributed by atoms with E-state index in [1.165, 1.54) is 12.1 Å². The Hall–Kier alpha value is -3.41. The van der Waals surface area contributed by atoms with Gasteiger partial charge in [-0.2, -0.15) is 0 Å². The molecule has 27 heavy (non-hydrogen) atoms. The molecular formula is C21H18FN3O2. The van der Waals surface area contributed by atoms with Gasteiger partial charge in [0.1, 0.15) is 12.5 Å².